The standard InChI is InChI=1S/C9H10BFO5/c11-6-2-1-5(3-4-10(15)16)8(12)7(6)9(13)14/h1-2,12,15-16H,3-4H2,(H,13,14). The van der Waals surface area contributed by atoms with Gasteiger partial charge in [-0.3, -0.25) is 0 Å². The summed E-state index contributed by atoms with van der Waals surface area (Å²) in [5.74, 6) is -3.27. The molecule has 0 aliphatic carbocycles. The van der Waals surface area contributed by atoms with Crippen LogP contribution in [0.4, 0.5) is 4.39 Å². The summed E-state index contributed by atoms with van der Waals surface area (Å²) in [6.07, 6.45) is -0.0255. The van der Waals surface area contributed by atoms with Gasteiger partial charge in [-0.25, -0.2) is 9.18 Å². The van der Waals surface area contributed by atoms with Crippen LogP contribution in [0.2, 0.25) is 6.32 Å². The van der Waals surface area contributed by atoms with E-state index >= 15 is 0 Å². The molecule has 0 aliphatic heterocycles. The molecule has 1 rings (SSSR count). The normalized spacial score (nSPS) is 10.2. The van der Waals surface area contributed by atoms with Gasteiger partial charge in [0.05, 0.1) is 0 Å². The van der Waals surface area contributed by atoms with Crippen LogP contribution in [-0.2, 0) is 6.42 Å². The summed E-state index contributed by atoms with van der Waals surface area (Å²) < 4.78 is 13.0. The highest BCUT2D eigenvalue weighted by Gasteiger charge is 2.19. The van der Waals surface area contributed by atoms with Crippen LogP contribution < -0.4 is 0 Å². The molecule has 0 heterocycles. The summed E-state index contributed by atoms with van der Waals surface area (Å²) in [7, 11) is -1.56. The van der Waals surface area contributed by atoms with Crippen molar-refractivity contribution >= 4 is 13.1 Å². The Kier molecular flexibility index (Phi) is 3.86. The first-order valence-corrected chi connectivity index (χ1v) is 4.53. The molecule has 7 heteroatoms. The Balaban J connectivity index is 3.04. The van der Waals surface area contributed by atoms with E-state index in [2.05, 4.69) is 0 Å². The smallest absolute Gasteiger partial charge is 0.451 e. The van der Waals surface area contributed by atoms with Crippen molar-refractivity contribution in [3.05, 3.63) is 29.1 Å². The van der Waals surface area contributed by atoms with E-state index < -0.39 is 30.2 Å². The van der Waals surface area contributed by atoms with Gasteiger partial charge in [-0.15, -0.1) is 0 Å². The molecule has 0 unspecified atom stereocenters. The van der Waals surface area contributed by atoms with Crippen LogP contribution in [0, 0.1) is 5.82 Å². The molecule has 16 heavy (non-hydrogen) atoms. The van der Waals surface area contributed by atoms with E-state index in [4.69, 9.17) is 15.2 Å². The molecule has 1 aromatic carbocycles. The Morgan fingerprint density at radius 1 is 1.38 bits per heavy atom. The lowest BCUT2D eigenvalue weighted by Crippen LogP contribution is -2.12. The number of phenols is 1. The first kappa shape index (κ1) is 12.5. The van der Waals surface area contributed by atoms with Crippen LogP contribution >= 0.6 is 0 Å². The Bertz CT molecular complexity index is 407. The number of aryl methyl sites for hydroxylation is 1. The second-order valence-corrected chi connectivity index (χ2v) is 3.25. The van der Waals surface area contributed by atoms with Crippen LogP contribution in [0.25, 0.3) is 0 Å². The van der Waals surface area contributed by atoms with Gasteiger partial charge in [0.25, 0.3) is 0 Å². The Morgan fingerprint density at radius 3 is 2.50 bits per heavy atom. The van der Waals surface area contributed by atoms with Gasteiger partial charge < -0.3 is 20.3 Å². The zero-order chi connectivity index (χ0) is 12.3. The van der Waals surface area contributed by atoms with E-state index in [1.807, 2.05) is 0 Å². The predicted molar refractivity (Wildman–Crippen MR) is 53.7 cm³/mol. The molecule has 0 spiro atoms. The summed E-state index contributed by atoms with van der Waals surface area (Å²) in [4.78, 5) is 10.6. The average molecular weight is 228 g/mol. The minimum Gasteiger partial charge on any atom is -0.507 e. The Labute approximate surface area is 90.9 Å². The number of carboxylic acids is 1. The van der Waals surface area contributed by atoms with Crippen molar-refractivity contribution in [2.24, 2.45) is 0 Å². The predicted octanol–water partition coefficient (Wildman–Crippen LogP) is 0.245. The molecular formula is C9H10BFO5. The van der Waals surface area contributed by atoms with Crippen LogP contribution in [0.15, 0.2) is 12.1 Å². The lowest BCUT2D eigenvalue weighted by molar-refractivity contribution is 0.0688. The SMILES string of the molecule is O=C(O)c1c(F)ccc(CCB(O)O)c1O. The van der Waals surface area contributed by atoms with E-state index in [0.29, 0.717) is 0 Å². The monoisotopic (exact) mass is 228 g/mol. The van der Waals surface area contributed by atoms with E-state index in [0.717, 1.165) is 6.07 Å². The summed E-state index contributed by atoms with van der Waals surface area (Å²) in [5, 5.41) is 35.4. The zero-order valence-electron chi connectivity index (χ0n) is 8.22. The molecule has 4 N–H and O–H groups in total. The molecule has 0 saturated carbocycles. The maximum atomic E-state index is 13.0. The van der Waals surface area contributed by atoms with Gasteiger partial charge in [-0.05, 0) is 24.4 Å². The molecule has 0 bridgehead atoms. The fourth-order valence-corrected chi connectivity index (χ4v) is 1.30. The summed E-state index contributed by atoms with van der Waals surface area (Å²) in [6, 6.07) is 2.13. The molecule has 0 fully saturated rings. The first-order valence-electron chi connectivity index (χ1n) is 4.53. The molecule has 5 nitrogen and oxygen atoms in total. The summed E-state index contributed by atoms with van der Waals surface area (Å²) in [6.45, 7) is 0. The average Bonchev–Trinajstić information content (AvgIpc) is 2.15. The lowest BCUT2D eigenvalue weighted by Gasteiger charge is -2.07. The first-order chi connectivity index (χ1) is 7.43. The minimum absolute atomic E-state index is 0.0457. The van der Waals surface area contributed by atoms with Gasteiger partial charge in [0.2, 0.25) is 0 Å². The quantitative estimate of drug-likeness (QED) is 0.553. The molecule has 0 saturated heterocycles. The molecule has 0 radical (unpaired) electrons. The van der Waals surface area contributed by atoms with Gasteiger partial charge in [0, 0.05) is 0 Å². The van der Waals surface area contributed by atoms with Crippen molar-refractivity contribution in [2.45, 2.75) is 12.7 Å². The fraction of sp³-hybridized carbons (Fsp3) is 0.222. The number of aromatic hydroxyl groups is 1. The summed E-state index contributed by atoms with van der Waals surface area (Å²) in [5.41, 5.74) is -0.642. The largest absolute Gasteiger partial charge is 0.507 e. The van der Waals surface area contributed by atoms with Crippen molar-refractivity contribution < 1.29 is 29.4 Å². The zero-order valence-corrected chi connectivity index (χ0v) is 8.22. The highest BCUT2D eigenvalue weighted by molar-refractivity contribution is 6.41. The van der Waals surface area contributed by atoms with E-state index in [9.17, 15) is 14.3 Å². The number of halogens is 1. The molecule has 0 atom stereocenters. The number of carboxylic acid groups (broad SMARTS) is 1. The third kappa shape index (κ3) is 2.71. The second kappa shape index (κ2) is 4.95. The maximum Gasteiger partial charge on any atom is 0.451 e. The van der Waals surface area contributed by atoms with Crippen LogP contribution in [-0.4, -0.2) is 33.3 Å². The van der Waals surface area contributed by atoms with Crippen molar-refractivity contribution in [3.8, 4) is 5.75 Å². The molecule has 0 aliphatic rings. The topological polar surface area (TPSA) is 98.0 Å². The van der Waals surface area contributed by atoms with Crippen molar-refractivity contribution in [1.29, 1.82) is 0 Å². The van der Waals surface area contributed by atoms with Crippen molar-refractivity contribution in [3.63, 3.8) is 0 Å². The molecular weight excluding hydrogens is 218 g/mol. The third-order valence-corrected chi connectivity index (χ3v) is 2.10. The number of aromatic carboxylic acids is 1. The van der Waals surface area contributed by atoms with Gasteiger partial charge in [0.1, 0.15) is 17.1 Å². The van der Waals surface area contributed by atoms with E-state index in [1.165, 1.54) is 6.07 Å². The van der Waals surface area contributed by atoms with Crippen LogP contribution in [0.3, 0.4) is 0 Å². The molecule has 86 valence electrons. The minimum atomic E-state index is -1.57. The second-order valence-electron chi connectivity index (χ2n) is 3.25. The molecule has 0 amide bonds. The molecule has 1 aromatic rings. The number of carbonyl (C=O) groups is 1. The number of hydrogen-bond donors (Lipinski definition) is 4. The van der Waals surface area contributed by atoms with E-state index in [-0.39, 0.29) is 18.3 Å². The molecule has 0 aromatic heterocycles. The maximum absolute atomic E-state index is 13.0. The van der Waals surface area contributed by atoms with Gasteiger partial charge in [0.15, 0.2) is 0 Å². The summed E-state index contributed by atoms with van der Waals surface area (Å²) >= 11 is 0. The lowest BCUT2D eigenvalue weighted by atomic mass is 9.82. The van der Waals surface area contributed by atoms with Gasteiger partial charge in [-0.2, -0.15) is 0 Å². The van der Waals surface area contributed by atoms with E-state index in [1.54, 1.807) is 0 Å². The Morgan fingerprint density at radius 2 is 2.00 bits per heavy atom. The Hall–Kier alpha value is -1.60. The van der Waals surface area contributed by atoms with Crippen LogP contribution in [0.1, 0.15) is 15.9 Å². The van der Waals surface area contributed by atoms with Crippen LogP contribution in [0.5, 0.6) is 5.75 Å². The number of rotatable bonds is 4. The number of benzene rings is 1. The number of hydrogen-bond acceptors (Lipinski definition) is 4. The third-order valence-electron chi connectivity index (χ3n) is 2.10. The highest BCUT2D eigenvalue weighted by atomic mass is 19.1. The highest BCUT2D eigenvalue weighted by Crippen LogP contribution is 2.26. The van der Waals surface area contributed by atoms with Crippen molar-refractivity contribution in [2.75, 3.05) is 0 Å². The van der Waals surface area contributed by atoms with Crippen molar-refractivity contribution in [1.82, 2.24) is 0 Å². The fourth-order valence-electron chi connectivity index (χ4n) is 1.30. The van der Waals surface area contributed by atoms with Gasteiger partial charge >= 0.3 is 13.1 Å². The van der Waals surface area contributed by atoms with Gasteiger partial charge in [-0.1, -0.05) is 6.07 Å².